The topological polar surface area (TPSA) is 15.3 Å². The van der Waals surface area contributed by atoms with Gasteiger partial charge in [-0.05, 0) is 50.4 Å². The van der Waals surface area contributed by atoms with E-state index in [9.17, 15) is 8.78 Å². The molecule has 104 valence electrons. The molecule has 1 saturated carbocycles. The summed E-state index contributed by atoms with van der Waals surface area (Å²) in [6.45, 7) is 2.55. The van der Waals surface area contributed by atoms with Crippen molar-refractivity contribution in [1.29, 1.82) is 0 Å². The Morgan fingerprint density at radius 1 is 1.21 bits per heavy atom. The lowest BCUT2D eigenvalue weighted by Crippen LogP contribution is -2.38. The molecule has 1 atom stereocenters. The van der Waals surface area contributed by atoms with Crippen LogP contribution in [0.5, 0.6) is 0 Å². The van der Waals surface area contributed by atoms with Gasteiger partial charge in [0.05, 0.1) is 0 Å². The van der Waals surface area contributed by atoms with Crippen molar-refractivity contribution in [2.45, 2.75) is 44.3 Å². The van der Waals surface area contributed by atoms with Crippen molar-refractivity contribution in [3.05, 3.63) is 35.4 Å². The Bertz CT molecular complexity index is 440. The van der Waals surface area contributed by atoms with E-state index in [1.807, 2.05) is 0 Å². The van der Waals surface area contributed by atoms with Crippen LogP contribution < -0.4 is 5.32 Å². The van der Waals surface area contributed by atoms with Crippen LogP contribution in [0.1, 0.15) is 31.2 Å². The second-order valence-corrected chi connectivity index (χ2v) is 5.69. The third kappa shape index (κ3) is 3.31. The van der Waals surface area contributed by atoms with Crippen molar-refractivity contribution in [2.75, 3.05) is 13.1 Å². The van der Waals surface area contributed by atoms with E-state index in [4.69, 9.17) is 0 Å². The summed E-state index contributed by atoms with van der Waals surface area (Å²) in [7, 11) is 0. The number of halogens is 2. The molecule has 2 fully saturated rings. The zero-order chi connectivity index (χ0) is 13.2. The summed E-state index contributed by atoms with van der Waals surface area (Å²) < 4.78 is 26.9. The highest BCUT2D eigenvalue weighted by Crippen LogP contribution is 2.29. The molecule has 1 unspecified atom stereocenters. The van der Waals surface area contributed by atoms with Crippen molar-refractivity contribution in [3.8, 4) is 0 Å². The van der Waals surface area contributed by atoms with Crippen molar-refractivity contribution in [1.82, 2.24) is 10.2 Å². The average Bonchev–Trinajstić information content (AvgIpc) is 3.12. The van der Waals surface area contributed by atoms with Gasteiger partial charge in [-0.1, -0.05) is 0 Å². The molecule has 1 aliphatic heterocycles. The summed E-state index contributed by atoms with van der Waals surface area (Å²) in [5.74, 6) is -0.655. The Balaban J connectivity index is 1.68. The van der Waals surface area contributed by atoms with Gasteiger partial charge in [0.15, 0.2) is 0 Å². The third-order valence-electron chi connectivity index (χ3n) is 4.06. The van der Waals surface area contributed by atoms with Gasteiger partial charge in [-0.15, -0.1) is 0 Å². The Morgan fingerprint density at radius 2 is 2.05 bits per heavy atom. The van der Waals surface area contributed by atoms with Crippen molar-refractivity contribution in [3.63, 3.8) is 0 Å². The van der Waals surface area contributed by atoms with Crippen LogP contribution in [0.3, 0.4) is 0 Å². The minimum atomic E-state index is -0.355. The smallest absolute Gasteiger partial charge is 0.127 e. The van der Waals surface area contributed by atoms with Crippen LogP contribution >= 0.6 is 0 Å². The maximum absolute atomic E-state index is 13.7. The highest BCUT2D eigenvalue weighted by molar-refractivity contribution is 5.19. The lowest BCUT2D eigenvalue weighted by atomic mass is 10.1. The van der Waals surface area contributed by atoms with Crippen LogP contribution in [0.4, 0.5) is 8.78 Å². The molecular weight excluding hydrogens is 246 g/mol. The molecule has 3 rings (SSSR count). The lowest BCUT2D eigenvalue weighted by molar-refractivity contribution is 0.228. The Morgan fingerprint density at radius 3 is 2.74 bits per heavy atom. The number of benzene rings is 1. The standard InChI is InChI=1S/C15H20F2N2/c16-12-3-6-15(17)11(8-12)9-19(14-4-5-14)10-13-2-1-7-18-13/h3,6,8,13-14,18H,1-2,4-5,7,9-10H2. The molecule has 0 spiro atoms. The predicted octanol–water partition coefficient (Wildman–Crippen LogP) is 2.68. The average molecular weight is 266 g/mol. The molecule has 1 aromatic rings. The van der Waals surface area contributed by atoms with E-state index in [1.165, 1.54) is 43.9 Å². The van der Waals surface area contributed by atoms with Crippen molar-refractivity contribution < 1.29 is 8.78 Å². The zero-order valence-electron chi connectivity index (χ0n) is 11.0. The first-order valence-corrected chi connectivity index (χ1v) is 7.14. The molecule has 0 radical (unpaired) electrons. The number of hydrogen-bond donors (Lipinski definition) is 1. The first-order chi connectivity index (χ1) is 9.22. The molecule has 1 saturated heterocycles. The van der Waals surface area contributed by atoms with Crippen molar-refractivity contribution in [2.24, 2.45) is 0 Å². The molecule has 1 aromatic carbocycles. The molecule has 0 aromatic heterocycles. The Labute approximate surface area is 112 Å². The fraction of sp³-hybridized carbons (Fsp3) is 0.600. The van der Waals surface area contributed by atoms with E-state index in [-0.39, 0.29) is 11.6 Å². The van der Waals surface area contributed by atoms with Crippen LogP contribution in [0.25, 0.3) is 0 Å². The zero-order valence-corrected chi connectivity index (χ0v) is 11.0. The first kappa shape index (κ1) is 13.0. The molecule has 2 aliphatic rings. The lowest BCUT2D eigenvalue weighted by Gasteiger charge is -2.25. The van der Waals surface area contributed by atoms with Gasteiger partial charge in [-0.25, -0.2) is 8.78 Å². The first-order valence-electron chi connectivity index (χ1n) is 7.14. The van der Waals surface area contributed by atoms with Gasteiger partial charge < -0.3 is 5.32 Å². The van der Waals surface area contributed by atoms with Crippen LogP contribution in [0.15, 0.2) is 18.2 Å². The maximum Gasteiger partial charge on any atom is 0.127 e. The van der Waals surface area contributed by atoms with E-state index in [0.717, 1.165) is 13.1 Å². The largest absolute Gasteiger partial charge is 0.313 e. The van der Waals surface area contributed by atoms with Gasteiger partial charge in [-0.2, -0.15) is 0 Å². The van der Waals surface area contributed by atoms with Crippen LogP contribution in [0, 0.1) is 11.6 Å². The fourth-order valence-corrected chi connectivity index (χ4v) is 2.86. The molecule has 0 amide bonds. The highest BCUT2D eigenvalue weighted by Gasteiger charge is 2.31. The summed E-state index contributed by atoms with van der Waals surface area (Å²) >= 11 is 0. The number of nitrogens with zero attached hydrogens (tertiary/aromatic N) is 1. The molecule has 4 heteroatoms. The third-order valence-corrected chi connectivity index (χ3v) is 4.06. The summed E-state index contributed by atoms with van der Waals surface area (Å²) in [4.78, 5) is 2.31. The summed E-state index contributed by atoms with van der Waals surface area (Å²) in [5.41, 5.74) is 0.477. The number of hydrogen-bond acceptors (Lipinski definition) is 2. The molecule has 1 heterocycles. The minimum absolute atomic E-state index is 0.300. The normalized spacial score (nSPS) is 23.2. The maximum atomic E-state index is 13.7. The Hall–Kier alpha value is -1.00. The molecule has 1 aliphatic carbocycles. The van der Waals surface area contributed by atoms with E-state index in [1.54, 1.807) is 0 Å². The van der Waals surface area contributed by atoms with Gasteiger partial charge in [-0.3, -0.25) is 4.90 Å². The van der Waals surface area contributed by atoms with Crippen LogP contribution in [0.2, 0.25) is 0 Å². The monoisotopic (exact) mass is 266 g/mol. The molecule has 2 nitrogen and oxygen atoms in total. The second kappa shape index (κ2) is 5.55. The van der Waals surface area contributed by atoms with Gasteiger partial charge in [0.1, 0.15) is 11.6 Å². The van der Waals surface area contributed by atoms with E-state index < -0.39 is 0 Å². The summed E-state index contributed by atoms with van der Waals surface area (Å²) in [6.07, 6.45) is 4.78. The fourth-order valence-electron chi connectivity index (χ4n) is 2.86. The van der Waals surface area contributed by atoms with Crippen molar-refractivity contribution >= 4 is 0 Å². The van der Waals surface area contributed by atoms with E-state index >= 15 is 0 Å². The predicted molar refractivity (Wildman–Crippen MR) is 70.8 cm³/mol. The molecule has 0 bridgehead atoms. The number of nitrogens with one attached hydrogen (secondary N) is 1. The van der Waals surface area contributed by atoms with Gasteiger partial charge in [0.2, 0.25) is 0 Å². The summed E-state index contributed by atoms with van der Waals surface area (Å²) in [5, 5.41) is 3.47. The molecule has 19 heavy (non-hydrogen) atoms. The summed E-state index contributed by atoms with van der Waals surface area (Å²) in [6, 6.07) is 4.80. The molecule has 1 N–H and O–H groups in total. The van der Waals surface area contributed by atoms with Crippen LogP contribution in [-0.4, -0.2) is 30.1 Å². The van der Waals surface area contributed by atoms with Gasteiger partial charge in [0.25, 0.3) is 0 Å². The minimum Gasteiger partial charge on any atom is -0.313 e. The number of rotatable bonds is 5. The molecular formula is C15H20F2N2. The Kier molecular flexibility index (Phi) is 3.80. The van der Waals surface area contributed by atoms with E-state index in [0.29, 0.717) is 24.2 Å². The highest BCUT2D eigenvalue weighted by atomic mass is 19.1. The quantitative estimate of drug-likeness (QED) is 0.881. The SMILES string of the molecule is Fc1ccc(F)c(CN(CC2CCCN2)C2CC2)c1. The second-order valence-electron chi connectivity index (χ2n) is 5.69. The van der Waals surface area contributed by atoms with Crippen LogP contribution in [-0.2, 0) is 6.54 Å². The van der Waals surface area contributed by atoms with E-state index in [2.05, 4.69) is 10.2 Å². The van der Waals surface area contributed by atoms with Gasteiger partial charge in [0, 0.05) is 30.7 Å². The van der Waals surface area contributed by atoms with Gasteiger partial charge >= 0.3 is 0 Å².